The Hall–Kier alpha value is -3.27. The zero-order chi connectivity index (χ0) is 17.5. The predicted molar refractivity (Wildman–Crippen MR) is 101 cm³/mol. The molecule has 1 unspecified atom stereocenters. The maximum Gasteiger partial charge on any atom is 0.251 e. The maximum absolute atomic E-state index is 12.9. The molecule has 4 nitrogen and oxygen atoms in total. The molecule has 4 heteroatoms. The molecule has 0 aliphatic heterocycles. The number of ether oxygens (including phenoxy) is 1. The van der Waals surface area contributed by atoms with E-state index in [1.807, 2.05) is 84.9 Å². The third-order valence-electron chi connectivity index (χ3n) is 3.84. The molecular formula is C21H20N2O2. The molecule has 1 atom stereocenters. The van der Waals surface area contributed by atoms with Crippen LogP contribution in [0.2, 0.25) is 0 Å². The summed E-state index contributed by atoms with van der Waals surface area (Å²) in [5.41, 5.74) is 2.51. The Morgan fingerprint density at radius 3 is 2.00 bits per heavy atom. The minimum absolute atomic E-state index is 0.125. The molecule has 2 N–H and O–H groups in total. The summed E-state index contributed by atoms with van der Waals surface area (Å²) in [6.45, 7) is 0. The number of hydrogen-bond acceptors (Lipinski definition) is 3. The van der Waals surface area contributed by atoms with E-state index in [0.717, 1.165) is 22.7 Å². The van der Waals surface area contributed by atoms with Gasteiger partial charge >= 0.3 is 0 Å². The maximum atomic E-state index is 12.9. The van der Waals surface area contributed by atoms with E-state index in [1.165, 1.54) is 0 Å². The minimum atomic E-state index is -0.495. The lowest BCUT2D eigenvalue weighted by Gasteiger charge is -2.20. The number of anilines is 2. The van der Waals surface area contributed by atoms with Gasteiger partial charge in [0.25, 0.3) is 5.91 Å². The summed E-state index contributed by atoms with van der Waals surface area (Å²) in [7, 11) is 1.61. The van der Waals surface area contributed by atoms with E-state index in [1.54, 1.807) is 7.11 Å². The number of rotatable bonds is 6. The molecule has 1 amide bonds. The second-order valence-corrected chi connectivity index (χ2v) is 5.57. The molecule has 0 fully saturated rings. The average Bonchev–Trinajstić information content (AvgIpc) is 2.68. The van der Waals surface area contributed by atoms with Crippen LogP contribution in [0, 0.1) is 0 Å². The molecule has 0 saturated heterocycles. The molecule has 0 saturated carbocycles. The van der Waals surface area contributed by atoms with Crippen molar-refractivity contribution in [2.75, 3.05) is 17.7 Å². The van der Waals surface area contributed by atoms with E-state index in [2.05, 4.69) is 10.6 Å². The van der Waals surface area contributed by atoms with Gasteiger partial charge < -0.3 is 15.4 Å². The number of carbonyl (C=O) groups is 1. The first-order valence-corrected chi connectivity index (χ1v) is 8.08. The van der Waals surface area contributed by atoms with Gasteiger partial charge in [-0.2, -0.15) is 0 Å². The molecule has 0 spiro atoms. The van der Waals surface area contributed by atoms with Crippen molar-refractivity contribution >= 4 is 17.3 Å². The smallest absolute Gasteiger partial charge is 0.251 e. The van der Waals surface area contributed by atoms with Crippen molar-refractivity contribution in [1.82, 2.24) is 0 Å². The number of methoxy groups -OCH3 is 1. The van der Waals surface area contributed by atoms with Crippen LogP contribution in [-0.2, 0) is 4.79 Å². The largest absolute Gasteiger partial charge is 0.497 e. The minimum Gasteiger partial charge on any atom is -0.497 e. The quantitative estimate of drug-likeness (QED) is 0.699. The zero-order valence-corrected chi connectivity index (χ0v) is 14.0. The second-order valence-electron chi connectivity index (χ2n) is 5.57. The van der Waals surface area contributed by atoms with Crippen LogP contribution in [-0.4, -0.2) is 13.0 Å². The van der Waals surface area contributed by atoms with E-state index in [-0.39, 0.29) is 5.91 Å². The molecular weight excluding hydrogens is 312 g/mol. The molecule has 3 aromatic rings. The van der Waals surface area contributed by atoms with Crippen molar-refractivity contribution < 1.29 is 9.53 Å². The number of para-hydroxylation sites is 1. The molecule has 0 heterocycles. The first-order valence-electron chi connectivity index (χ1n) is 8.08. The summed E-state index contributed by atoms with van der Waals surface area (Å²) in [5, 5.41) is 6.26. The number of carbonyl (C=O) groups excluding carboxylic acids is 1. The molecule has 0 bridgehead atoms. The standard InChI is InChI=1S/C21H20N2O2/c1-25-19-14-12-18(13-15-19)23-21(24)20(16-8-4-2-5-9-16)22-17-10-6-3-7-11-17/h2-15,20,22H,1H3,(H,23,24). The van der Waals surface area contributed by atoms with Crippen molar-refractivity contribution in [2.45, 2.75) is 6.04 Å². The Bertz CT molecular complexity index is 802. The van der Waals surface area contributed by atoms with Crippen LogP contribution in [0.5, 0.6) is 5.75 Å². The van der Waals surface area contributed by atoms with Gasteiger partial charge in [-0.3, -0.25) is 4.79 Å². The lowest BCUT2D eigenvalue weighted by atomic mass is 10.1. The van der Waals surface area contributed by atoms with E-state index in [0.29, 0.717) is 0 Å². The Morgan fingerprint density at radius 2 is 1.40 bits per heavy atom. The van der Waals surface area contributed by atoms with Crippen LogP contribution in [0.25, 0.3) is 0 Å². The summed E-state index contributed by atoms with van der Waals surface area (Å²) in [6.07, 6.45) is 0. The summed E-state index contributed by atoms with van der Waals surface area (Å²) >= 11 is 0. The van der Waals surface area contributed by atoms with E-state index in [9.17, 15) is 4.79 Å². The first kappa shape index (κ1) is 16.6. The van der Waals surface area contributed by atoms with Gasteiger partial charge in [-0.25, -0.2) is 0 Å². The lowest BCUT2D eigenvalue weighted by Crippen LogP contribution is -2.27. The SMILES string of the molecule is COc1ccc(NC(=O)C(Nc2ccccc2)c2ccccc2)cc1. The van der Waals surface area contributed by atoms with E-state index < -0.39 is 6.04 Å². The van der Waals surface area contributed by atoms with Crippen LogP contribution >= 0.6 is 0 Å². The monoisotopic (exact) mass is 332 g/mol. The van der Waals surface area contributed by atoms with E-state index >= 15 is 0 Å². The Balaban J connectivity index is 1.81. The van der Waals surface area contributed by atoms with Gasteiger partial charge in [-0.05, 0) is 42.0 Å². The normalized spacial score (nSPS) is 11.4. The molecule has 25 heavy (non-hydrogen) atoms. The summed E-state index contributed by atoms with van der Waals surface area (Å²) < 4.78 is 5.14. The van der Waals surface area contributed by atoms with Crippen LogP contribution < -0.4 is 15.4 Å². The van der Waals surface area contributed by atoms with Crippen molar-refractivity contribution in [3.63, 3.8) is 0 Å². The predicted octanol–water partition coefficient (Wildman–Crippen LogP) is 4.49. The molecule has 3 rings (SSSR count). The molecule has 0 radical (unpaired) electrons. The number of benzene rings is 3. The van der Waals surface area contributed by atoms with Gasteiger partial charge in [0.2, 0.25) is 0 Å². The molecule has 0 aliphatic carbocycles. The number of amides is 1. The van der Waals surface area contributed by atoms with Crippen LogP contribution in [0.15, 0.2) is 84.9 Å². The Labute approximate surface area is 147 Å². The highest BCUT2D eigenvalue weighted by Gasteiger charge is 2.20. The highest BCUT2D eigenvalue weighted by Crippen LogP contribution is 2.22. The molecule has 126 valence electrons. The van der Waals surface area contributed by atoms with Crippen molar-refractivity contribution in [3.05, 3.63) is 90.5 Å². The van der Waals surface area contributed by atoms with Gasteiger partial charge in [0.05, 0.1) is 7.11 Å². The second kappa shape index (κ2) is 8.02. The van der Waals surface area contributed by atoms with Gasteiger partial charge in [0.15, 0.2) is 0 Å². The Morgan fingerprint density at radius 1 is 0.800 bits per heavy atom. The molecule has 3 aromatic carbocycles. The highest BCUT2D eigenvalue weighted by atomic mass is 16.5. The average molecular weight is 332 g/mol. The lowest BCUT2D eigenvalue weighted by molar-refractivity contribution is -0.117. The number of nitrogens with one attached hydrogen (secondary N) is 2. The van der Waals surface area contributed by atoms with E-state index in [4.69, 9.17) is 4.74 Å². The summed E-state index contributed by atoms with van der Waals surface area (Å²) in [5.74, 6) is 0.625. The zero-order valence-electron chi connectivity index (χ0n) is 14.0. The van der Waals surface area contributed by atoms with Crippen LogP contribution in [0.1, 0.15) is 11.6 Å². The molecule has 0 aromatic heterocycles. The van der Waals surface area contributed by atoms with Gasteiger partial charge in [-0.1, -0.05) is 48.5 Å². The van der Waals surface area contributed by atoms with Crippen molar-refractivity contribution in [3.8, 4) is 5.75 Å². The van der Waals surface area contributed by atoms with Crippen LogP contribution in [0.3, 0.4) is 0 Å². The third-order valence-corrected chi connectivity index (χ3v) is 3.84. The first-order chi connectivity index (χ1) is 12.3. The fourth-order valence-corrected chi connectivity index (χ4v) is 2.54. The van der Waals surface area contributed by atoms with Gasteiger partial charge in [-0.15, -0.1) is 0 Å². The fourth-order valence-electron chi connectivity index (χ4n) is 2.54. The summed E-state index contributed by atoms with van der Waals surface area (Å²) in [4.78, 5) is 12.9. The van der Waals surface area contributed by atoms with Crippen molar-refractivity contribution in [2.24, 2.45) is 0 Å². The van der Waals surface area contributed by atoms with Gasteiger partial charge in [0.1, 0.15) is 11.8 Å². The third kappa shape index (κ3) is 4.38. The van der Waals surface area contributed by atoms with Crippen LogP contribution in [0.4, 0.5) is 11.4 Å². The number of hydrogen-bond donors (Lipinski definition) is 2. The Kier molecular flexibility index (Phi) is 5.32. The topological polar surface area (TPSA) is 50.4 Å². The van der Waals surface area contributed by atoms with Gasteiger partial charge in [0, 0.05) is 11.4 Å². The molecule has 0 aliphatic rings. The fraction of sp³-hybridized carbons (Fsp3) is 0.0952. The highest BCUT2D eigenvalue weighted by molar-refractivity contribution is 5.97. The summed E-state index contributed by atoms with van der Waals surface area (Å²) in [6, 6.07) is 26.1. The van der Waals surface area contributed by atoms with Crippen molar-refractivity contribution in [1.29, 1.82) is 0 Å².